The van der Waals surface area contributed by atoms with Crippen LogP contribution in [0.5, 0.6) is 11.5 Å². The fourth-order valence-electron chi connectivity index (χ4n) is 2.78. The molecule has 5 N–H and O–H groups in total. The van der Waals surface area contributed by atoms with Gasteiger partial charge in [0.05, 0.1) is 25.4 Å². The number of phenols is 1. The maximum atomic E-state index is 10.1. The number of aryl methyl sites for hydroxylation is 1. The Morgan fingerprint density at radius 2 is 2.00 bits per heavy atom. The lowest BCUT2D eigenvalue weighted by molar-refractivity contribution is -0.193. The standard InChI is InChI=1S/C17H26O7/c1-2-23-14-7-10(4-6-12(14)19)3-5-11(18)8-15-17(22)16(21)13(20)9-24-15/h4,6-7,11,13,15-22H,2-3,5,8-9H2,1H3. The van der Waals surface area contributed by atoms with E-state index in [2.05, 4.69) is 0 Å². The summed E-state index contributed by atoms with van der Waals surface area (Å²) in [5, 5.41) is 48.8. The highest BCUT2D eigenvalue weighted by molar-refractivity contribution is 5.41. The highest BCUT2D eigenvalue weighted by Crippen LogP contribution is 2.28. The summed E-state index contributed by atoms with van der Waals surface area (Å²) in [7, 11) is 0. The Kier molecular flexibility index (Phi) is 6.82. The van der Waals surface area contributed by atoms with E-state index in [0.717, 1.165) is 5.56 Å². The van der Waals surface area contributed by atoms with Crippen molar-refractivity contribution in [3.05, 3.63) is 23.8 Å². The summed E-state index contributed by atoms with van der Waals surface area (Å²) < 4.78 is 10.6. The highest BCUT2D eigenvalue weighted by atomic mass is 16.5. The van der Waals surface area contributed by atoms with Crippen molar-refractivity contribution < 1.29 is 35.0 Å². The maximum absolute atomic E-state index is 10.1. The van der Waals surface area contributed by atoms with Gasteiger partial charge in [0.15, 0.2) is 11.5 Å². The minimum absolute atomic E-state index is 0.0642. The highest BCUT2D eigenvalue weighted by Gasteiger charge is 2.38. The molecule has 5 unspecified atom stereocenters. The van der Waals surface area contributed by atoms with Gasteiger partial charge in [-0.15, -0.1) is 0 Å². The molecule has 24 heavy (non-hydrogen) atoms. The van der Waals surface area contributed by atoms with E-state index < -0.39 is 30.5 Å². The molecule has 136 valence electrons. The van der Waals surface area contributed by atoms with Gasteiger partial charge in [-0.2, -0.15) is 0 Å². The molecule has 1 aromatic rings. The first kappa shape index (κ1) is 19.0. The molecule has 0 spiro atoms. The molecule has 0 aliphatic carbocycles. The molecule has 0 aromatic heterocycles. The third-order valence-electron chi connectivity index (χ3n) is 4.20. The van der Waals surface area contributed by atoms with Gasteiger partial charge < -0.3 is 35.0 Å². The predicted molar refractivity (Wildman–Crippen MR) is 86.0 cm³/mol. The molecule has 0 saturated carbocycles. The number of rotatable bonds is 7. The second kappa shape index (κ2) is 8.64. The van der Waals surface area contributed by atoms with E-state index >= 15 is 0 Å². The molecule has 0 radical (unpaired) electrons. The lowest BCUT2D eigenvalue weighted by Crippen LogP contribution is -2.53. The zero-order chi connectivity index (χ0) is 17.7. The lowest BCUT2D eigenvalue weighted by Gasteiger charge is -2.36. The summed E-state index contributed by atoms with van der Waals surface area (Å²) >= 11 is 0. The van der Waals surface area contributed by atoms with Crippen molar-refractivity contribution in [1.29, 1.82) is 0 Å². The largest absolute Gasteiger partial charge is 0.504 e. The van der Waals surface area contributed by atoms with E-state index in [0.29, 0.717) is 25.2 Å². The van der Waals surface area contributed by atoms with Crippen molar-refractivity contribution >= 4 is 0 Å². The van der Waals surface area contributed by atoms with Crippen LogP contribution in [0.25, 0.3) is 0 Å². The Bertz CT molecular complexity index is 522. The van der Waals surface area contributed by atoms with Crippen molar-refractivity contribution in [3.63, 3.8) is 0 Å². The zero-order valence-corrected chi connectivity index (χ0v) is 13.7. The summed E-state index contributed by atoms with van der Waals surface area (Å²) in [6, 6.07) is 5.05. The summed E-state index contributed by atoms with van der Waals surface area (Å²) in [5.41, 5.74) is 0.913. The molecule has 1 aliphatic rings. The molecule has 0 amide bonds. The predicted octanol–water partition coefficient (Wildman–Crippen LogP) is -0.0440. The van der Waals surface area contributed by atoms with Crippen molar-refractivity contribution in [2.75, 3.05) is 13.2 Å². The summed E-state index contributed by atoms with van der Waals surface area (Å²) in [6.07, 6.45) is -3.86. The molecule has 7 heteroatoms. The Morgan fingerprint density at radius 3 is 2.71 bits per heavy atom. The van der Waals surface area contributed by atoms with Gasteiger partial charge in [-0.05, 0) is 37.5 Å². The van der Waals surface area contributed by atoms with Crippen LogP contribution >= 0.6 is 0 Å². The topological polar surface area (TPSA) is 120 Å². The van der Waals surface area contributed by atoms with Crippen molar-refractivity contribution in [1.82, 2.24) is 0 Å². The molecule has 1 heterocycles. The number of phenolic OH excluding ortho intramolecular Hbond substituents is 1. The molecule has 1 aromatic carbocycles. The minimum Gasteiger partial charge on any atom is -0.504 e. The van der Waals surface area contributed by atoms with Gasteiger partial charge in [0.2, 0.25) is 0 Å². The number of aliphatic hydroxyl groups is 4. The van der Waals surface area contributed by atoms with E-state index in [1.807, 2.05) is 6.92 Å². The first-order valence-electron chi connectivity index (χ1n) is 8.21. The fourth-order valence-corrected chi connectivity index (χ4v) is 2.78. The monoisotopic (exact) mass is 342 g/mol. The van der Waals surface area contributed by atoms with Crippen molar-refractivity contribution in [3.8, 4) is 11.5 Å². The normalized spacial score (nSPS) is 28.5. The van der Waals surface area contributed by atoms with Crippen LogP contribution in [0.2, 0.25) is 0 Å². The van der Waals surface area contributed by atoms with Crippen LogP contribution in [-0.4, -0.2) is 69.3 Å². The maximum Gasteiger partial charge on any atom is 0.161 e. The van der Waals surface area contributed by atoms with Gasteiger partial charge in [-0.25, -0.2) is 0 Å². The van der Waals surface area contributed by atoms with Crippen molar-refractivity contribution in [2.24, 2.45) is 0 Å². The molecule has 1 aliphatic heterocycles. The van der Waals surface area contributed by atoms with Crippen LogP contribution in [0, 0.1) is 0 Å². The number of aliphatic hydroxyl groups excluding tert-OH is 4. The Morgan fingerprint density at radius 1 is 1.25 bits per heavy atom. The van der Waals surface area contributed by atoms with Crippen LogP contribution in [0.15, 0.2) is 18.2 Å². The Labute approximate surface area is 141 Å². The van der Waals surface area contributed by atoms with Crippen LogP contribution in [0.4, 0.5) is 0 Å². The summed E-state index contributed by atoms with van der Waals surface area (Å²) in [6.45, 7) is 2.22. The van der Waals surface area contributed by atoms with Gasteiger partial charge in [-0.1, -0.05) is 6.07 Å². The third kappa shape index (κ3) is 4.81. The second-order valence-corrected chi connectivity index (χ2v) is 6.08. The quantitative estimate of drug-likeness (QED) is 0.471. The first-order valence-corrected chi connectivity index (χ1v) is 8.21. The lowest BCUT2D eigenvalue weighted by atomic mass is 9.94. The minimum atomic E-state index is -1.26. The van der Waals surface area contributed by atoms with Crippen molar-refractivity contribution in [2.45, 2.75) is 56.7 Å². The zero-order valence-electron chi connectivity index (χ0n) is 13.7. The van der Waals surface area contributed by atoms with Crippen LogP contribution in [0.1, 0.15) is 25.3 Å². The van der Waals surface area contributed by atoms with Gasteiger partial charge >= 0.3 is 0 Å². The SMILES string of the molecule is CCOc1cc(CCC(O)CC2OCC(O)C(O)C2O)ccc1O. The van der Waals surface area contributed by atoms with Gasteiger partial charge in [0.1, 0.15) is 18.3 Å². The molecule has 7 nitrogen and oxygen atoms in total. The van der Waals surface area contributed by atoms with E-state index in [4.69, 9.17) is 9.47 Å². The number of hydrogen-bond acceptors (Lipinski definition) is 7. The van der Waals surface area contributed by atoms with Gasteiger partial charge in [-0.3, -0.25) is 0 Å². The Hall–Kier alpha value is -1.38. The number of aromatic hydroxyl groups is 1. The van der Waals surface area contributed by atoms with Gasteiger partial charge in [0.25, 0.3) is 0 Å². The molecular formula is C17H26O7. The summed E-state index contributed by atoms with van der Waals surface area (Å²) in [4.78, 5) is 0. The van der Waals surface area contributed by atoms with Gasteiger partial charge in [0, 0.05) is 6.42 Å². The number of benzene rings is 1. The average molecular weight is 342 g/mol. The molecule has 5 atom stereocenters. The average Bonchev–Trinajstić information content (AvgIpc) is 2.56. The van der Waals surface area contributed by atoms with E-state index in [9.17, 15) is 25.5 Å². The Balaban J connectivity index is 1.85. The molecule has 1 fully saturated rings. The number of ether oxygens (including phenoxy) is 2. The molecule has 0 bridgehead atoms. The second-order valence-electron chi connectivity index (χ2n) is 6.08. The van der Waals surface area contributed by atoms with Crippen LogP contribution in [0.3, 0.4) is 0 Å². The van der Waals surface area contributed by atoms with E-state index in [-0.39, 0.29) is 18.8 Å². The molecule has 2 rings (SSSR count). The number of hydrogen-bond donors (Lipinski definition) is 5. The van der Waals surface area contributed by atoms with Crippen LogP contribution in [-0.2, 0) is 11.2 Å². The molecular weight excluding hydrogens is 316 g/mol. The molecule has 1 saturated heterocycles. The summed E-state index contributed by atoms with van der Waals surface area (Å²) in [5.74, 6) is 0.486. The van der Waals surface area contributed by atoms with E-state index in [1.165, 1.54) is 0 Å². The van der Waals surface area contributed by atoms with E-state index in [1.54, 1.807) is 18.2 Å². The smallest absolute Gasteiger partial charge is 0.161 e. The van der Waals surface area contributed by atoms with Crippen LogP contribution < -0.4 is 4.74 Å². The first-order chi connectivity index (χ1) is 11.4. The fraction of sp³-hybridized carbons (Fsp3) is 0.647. The third-order valence-corrected chi connectivity index (χ3v) is 4.20.